The summed E-state index contributed by atoms with van der Waals surface area (Å²) in [5.41, 5.74) is 1.95. The van der Waals surface area contributed by atoms with Crippen LogP contribution < -0.4 is 5.32 Å². The van der Waals surface area contributed by atoms with Gasteiger partial charge in [-0.15, -0.1) is 11.3 Å². The highest BCUT2D eigenvalue weighted by molar-refractivity contribution is 7.10. The predicted octanol–water partition coefficient (Wildman–Crippen LogP) is 3.27. The van der Waals surface area contributed by atoms with E-state index in [1.165, 1.54) is 22.6 Å². The first-order valence-corrected chi connectivity index (χ1v) is 7.87. The van der Waals surface area contributed by atoms with E-state index in [-0.39, 0.29) is 17.8 Å². The second kappa shape index (κ2) is 5.95. The molecule has 5 heteroatoms. The van der Waals surface area contributed by atoms with Gasteiger partial charge in [0.2, 0.25) is 5.91 Å². The van der Waals surface area contributed by atoms with Gasteiger partial charge < -0.3 is 5.32 Å². The zero-order valence-electron chi connectivity index (χ0n) is 11.8. The number of nitrogens with one attached hydrogen (secondary N) is 1. The van der Waals surface area contributed by atoms with E-state index in [0.717, 1.165) is 19.5 Å². The first-order valence-electron chi connectivity index (χ1n) is 6.99. The minimum absolute atomic E-state index is 0.0553. The first kappa shape index (κ1) is 14.2. The van der Waals surface area contributed by atoms with Gasteiger partial charge in [0.25, 0.3) is 0 Å². The van der Waals surface area contributed by atoms with Gasteiger partial charge in [0.05, 0.1) is 6.04 Å². The number of amides is 1. The van der Waals surface area contributed by atoms with Gasteiger partial charge in [-0.1, -0.05) is 0 Å². The molecule has 1 atom stereocenters. The minimum Gasteiger partial charge on any atom is -0.325 e. The fourth-order valence-corrected chi connectivity index (χ4v) is 3.44. The number of nitrogens with zero attached hydrogens (tertiary/aromatic N) is 1. The van der Waals surface area contributed by atoms with Crippen LogP contribution >= 0.6 is 11.3 Å². The van der Waals surface area contributed by atoms with Gasteiger partial charge in [-0.05, 0) is 54.6 Å². The lowest BCUT2D eigenvalue weighted by molar-refractivity contribution is -0.121. The smallest absolute Gasteiger partial charge is 0.241 e. The summed E-state index contributed by atoms with van der Waals surface area (Å²) in [6, 6.07) is 7.78. The molecule has 0 bridgehead atoms. The molecule has 1 aromatic carbocycles. The first-order chi connectivity index (χ1) is 10.1. The number of halogens is 1. The zero-order chi connectivity index (χ0) is 14.8. The molecule has 3 rings (SSSR count). The van der Waals surface area contributed by atoms with Crippen LogP contribution in [-0.2, 0) is 17.8 Å². The molecule has 1 N–H and O–H groups in total. The Kier molecular flexibility index (Phi) is 4.03. The van der Waals surface area contributed by atoms with E-state index in [0.29, 0.717) is 5.69 Å². The number of hydrogen-bond acceptors (Lipinski definition) is 3. The van der Waals surface area contributed by atoms with E-state index >= 15 is 0 Å². The highest BCUT2D eigenvalue weighted by Crippen LogP contribution is 2.25. The molecule has 110 valence electrons. The van der Waals surface area contributed by atoms with Gasteiger partial charge in [0.15, 0.2) is 0 Å². The number of thiophene rings is 1. The molecule has 0 saturated heterocycles. The van der Waals surface area contributed by atoms with Gasteiger partial charge in [0, 0.05) is 23.7 Å². The van der Waals surface area contributed by atoms with Crippen LogP contribution in [0.25, 0.3) is 0 Å². The molecule has 1 aliphatic heterocycles. The molecular weight excluding hydrogens is 287 g/mol. The molecular formula is C16H17FN2OS. The van der Waals surface area contributed by atoms with Crippen molar-refractivity contribution < 1.29 is 9.18 Å². The normalized spacial score (nSPS) is 16.3. The number of carbonyl (C=O) groups excluding carboxylic acids is 1. The molecule has 0 fully saturated rings. The average molecular weight is 304 g/mol. The molecule has 0 unspecified atom stereocenters. The van der Waals surface area contributed by atoms with Crippen molar-refractivity contribution in [1.82, 2.24) is 4.90 Å². The van der Waals surface area contributed by atoms with Crippen molar-refractivity contribution in [3.8, 4) is 0 Å². The van der Waals surface area contributed by atoms with Crippen LogP contribution in [0.3, 0.4) is 0 Å². The van der Waals surface area contributed by atoms with Crippen LogP contribution in [0.5, 0.6) is 0 Å². The van der Waals surface area contributed by atoms with E-state index in [4.69, 9.17) is 0 Å². The minimum atomic E-state index is -0.304. The van der Waals surface area contributed by atoms with Crippen molar-refractivity contribution in [3.05, 3.63) is 52.0 Å². The molecule has 0 aliphatic carbocycles. The second-order valence-corrected chi connectivity index (χ2v) is 6.26. The fourth-order valence-electron chi connectivity index (χ4n) is 2.55. The van der Waals surface area contributed by atoms with Crippen LogP contribution in [0.2, 0.25) is 0 Å². The van der Waals surface area contributed by atoms with Crippen molar-refractivity contribution in [2.75, 3.05) is 11.9 Å². The molecule has 0 radical (unpaired) electrons. The van der Waals surface area contributed by atoms with E-state index in [2.05, 4.69) is 21.7 Å². The molecule has 2 heterocycles. The number of rotatable bonds is 3. The van der Waals surface area contributed by atoms with Crippen molar-refractivity contribution in [2.24, 2.45) is 0 Å². The molecule has 0 spiro atoms. The molecule has 2 aromatic rings. The average Bonchev–Trinajstić information content (AvgIpc) is 2.96. The Labute approximate surface area is 127 Å². The summed E-state index contributed by atoms with van der Waals surface area (Å²) in [6.07, 6.45) is 1.00. The Hall–Kier alpha value is -1.72. The third kappa shape index (κ3) is 3.14. The van der Waals surface area contributed by atoms with Crippen LogP contribution in [0.15, 0.2) is 35.7 Å². The maximum absolute atomic E-state index is 12.9. The number of hydrogen-bond donors (Lipinski definition) is 1. The van der Waals surface area contributed by atoms with Gasteiger partial charge in [-0.2, -0.15) is 0 Å². The summed E-state index contributed by atoms with van der Waals surface area (Å²) in [5.74, 6) is -0.359. The molecule has 1 aromatic heterocycles. The Morgan fingerprint density at radius 1 is 1.33 bits per heavy atom. The van der Waals surface area contributed by atoms with Crippen molar-refractivity contribution >= 4 is 22.9 Å². The van der Waals surface area contributed by atoms with Crippen molar-refractivity contribution in [3.63, 3.8) is 0 Å². The van der Waals surface area contributed by atoms with Gasteiger partial charge in [0.1, 0.15) is 5.82 Å². The summed E-state index contributed by atoms with van der Waals surface area (Å²) in [5, 5.41) is 4.95. The zero-order valence-corrected chi connectivity index (χ0v) is 12.6. The number of anilines is 1. The number of fused-ring (bicyclic) bond motifs is 1. The maximum atomic E-state index is 12.9. The number of carbonyl (C=O) groups is 1. The van der Waals surface area contributed by atoms with E-state index in [1.54, 1.807) is 23.5 Å². The van der Waals surface area contributed by atoms with E-state index < -0.39 is 0 Å². The summed E-state index contributed by atoms with van der Waals surface area (Å²) < 4.78 is 12.9. The van der Waals surface area contributed by atoms with Crippen LogP contribution in [0.1, 0.15) is 17.4 Å². The highest BCUT2D eigenvalue weighted by atomic mass is 32.1. The van der Waals surface area contributed by atoms with Crippen LogP contribution in [0.4, 0.5) is 10.1 Å². The molecule has 21 heavy (non-hydrogen) atoms. The molecule has 0 saturated carbocycles. The quantitative estimate of drug-likeness (QED) is 0.944. The third-order valence-electron chi connectivity index (χ3n) is 3.88. The van der Waals surface area contributed by atoms with Gasteiger partial charge in [-0.25, -0.2) is 4.39 Å². The fraction of sp³-hybridized carbons (Fsp3) is 0.312. The summed E-state index contributed by atoms with van der Waals surface area (Å²) >= 11 is 1.79. The largest absolute Gasteiger partial charge is 0.325 e. The highest BCUT2D eigenvalue weighted by Gasteiger charge is 2.25. The lowest BCUT2D eigenvalue weighted by Gasteiger charge is -2.31. The van der Waals surface area contributed by atoms with E-state index in [9.17, 15) is 9.18 Å². The van der Waals surface area contributed by atoms with Crippen LogP contribution in [-0.4, -0.2) is 23.4 Å². The summed E-state index contributed by atoms with van der Waals surface area (Å²) in [6.45, 7) is 3.62. The number of benzene rings is 1. The lowest BCUT2D eigenvalue weighted by Crippen LogP contribution is -2.44. The van der Waals surface area contributed by atoms with Crippen LogP contribution in [0, 0.1) is 5.82 Å². The van der Waals surface area contributed by atoms with Crippen molar-refractivity contribution in [1.29, 1.82) is 0 Å². The van der Waals surface area contributed by atoms with Gasteiger partial charge >= 0.3 is 0 Å². The molecule has 1 amide bonds. The molecule has 1 aliphatic rings. The maximum Gasteiger partial charge on any atom is 0.241 e. The Morgan fingerprint density at radius 3 is 2.86 bits per heavy atom. The second-order valence-electron chi connectivity index (χ2n) is 5.26. The lowest BCUT2D eigenvalue weighted by atomic mass is 10.1. The Morgan fingerprint density at radius 2 is 2.10 bits per heavy atom. The third-order valence-corrected chi connectivity index (χ3v) is 4.90. The van der Waals surface area contributed by atoms with E-state index in [1.807, 2.05) is 6.92 Å². The predicted molar refractivity (Wildman–Crippen MR) is 82.9 cm³/mol. The standard InChI is InChI=1S/C16H17FN2OS/c1-11(16(20)18-14-4-2-13(17)3-5-14)19-8-6-15-12(10-19)7-9-21-15/h2-5,7,9,11H,6,8,10H2,1H3,(H,18,20)/t11-/m0/s1. The summed E-state index contributed by atoms with van der Waals surface area (Å²) in [4.78, 5) is 15.9. The van der Waals surface area contributed by atoms with Crippen molar-refractivity contribution in [2.45, 2.75) is 25.9 Å². The SMILES string of the molecule is C[C@@H](C(=O)Nc1ccc(F)cc1)N1CCc2sccc2C1. The monoisotopic (exact) mass is 304 g/mol. The Bertz CT molecular complexity index is 638. The molecule has 3 nitrogen and oxygen atoms in total. The Balaban J connectivity index is 1.64. The summed E-state index contributed by atoms with van der Waals surface area (Å²) in [7, 11) is 0. The van der Waals surface area contributed by atoms with Gasteiger partial charge in [-0.3, -0.25) is 9.69 Å². The topological polar surface area (TPSA) is 32.3 Å².